The van der Waals surface area contributed by atoms with Crippen molar-refractivity contribution in [3.05, 3.63) is 29.8 Å². The highest BCUT2D eigenvalue weighted by molar-refractivity contribution is 5.98. The molecule has 0 bridgehead atoms. The predicted octanol–water partition coefficient (Wildman–Crippen LogP) is 1.58. The van der Waals surface area contributed by atoms with Crippen molar-refractivity contribution in [2.24, 2.45) is 0 Å². The minimum absolute atomic E-state index is 0.130. The van der Waals surface area contributed by atoms with Crippen LogP contribution in [0.3, 0.4) is 0 Å². The molecule has 1 aliphatic heterocycles. The SMILES string of the molecule is Nc1ccccc1C(=O)NCCCOC1CCOCC1. The van der Waals surface area contributed by atoms with Gasteiger partial charge in [-0.05, 0) is 31.4 Å². The third-order valence-corrected chi connectivity index (χ3v) is 3.33. The molecule has 1 aromatic rings. The number of amides is 1. The van der Waals surface area contributed by atoms with Gasteiger partial charge in [-0.25, -0.2) is 0 Å². The van der Waals surface area contributed by atoms with Crippen molar-refractivity contribution in [3.8, 4) is 0 Å². The molecule has 1 aliphatic rings. The Kier molecular flexibility index (Phi) is 5.83. The van der Waals surface area contributed by atoms with Crippen molar-refractivity contribution in [2.45, 2.75) is 25.4 Å². The summed E-state index contributed by atoms with van der Waals surface area (Å²) in [7, 11) is 0. The van der Waals surface area contributed by atoms with E-state index in [4.69, 9.17) is 15.2 Å². The minimum Gasteiger partial charge on any atom is -0.398 e. The van der Waals surface area contributed by atoms with Crippen LogP contribution in [0.15, 0.2) is 24.3 Å². The topological polar surface area (TPSA) is 73.6 Å². The van der Waals surface area contributed by atoms with Crippen LogP contribution in [0.4, 0.5) is 5.69 Å². The lowest BCUT2D eigenvalue weighted by atomic mass is 10.1. The zero-order chi connectivity index (χ0) is 14.2. The monoisotopic (exact) mass is 278 g/mol. The predicted molar refractivity (Wildman–Crippen MR) is 77.6 cm³/mol. The van der Waals surface area contributed by atoms with Gasteiger partial charge in [0, 0.05) is 32.1 Å². The van der Waals surface area contributed by atoms with Crippen LogP contribution < -0.4 is 11.1 Å². The van der Waals surface area contributed by atoms with Crippen molar-refractivity contribution in [3.63, 3.8) is 0 Å². The van der Waals surface area contributed by atoms with E-state index in [1.54, 1.807) is 18.2 Å². The first-order valence-corrected chi connectivity index (χ1v) is 7.09. The van der Waals surface area contributed by atoms with Crippen molar-refractivity contribution in [1.82, 2.24) is 5.32 Å². The number of nitrogen functional groups attached to an aromatic ring is 1. The molecule has 1 saturated heterocycles. The third-order valence-electron chi connectivity index (χ3n) is 3.33. The highest BCUT2D eigenvalue weighted by Gasteiger charge is 2.13. The molecule has 2 rings (SSSR count). The first-order chi connectivity index (χ1) is 9.77. The maximum atomic E-state index is 11.9. The smallest absolute Gasteiger partial charge is 0.253 e. The average molecular weight is 278 g/mol. The molecule has 20 heavy (non-hydrogen) atoms. The number of para-hydroxylation sites is 1. The van der Waals surface area contributed by atoms with E-state index in [0.29, 0.717) is 30.5 Å². The van der Waals surface area contributed by atoms with Gasteiger partial charge in [0.25, 0.3) is 5.91 Å². The zero-order valence-electron chi connectivity index (χ0n) is 11.6. The number of rotatable bonds is 6. The molecule has 0 aromatic heterocycles. The molecule has 1 fully saturated rings. The van der Waals surface area contributed by atoms with E-state index in [1.807, 2.05) is 6.07 Å². The van der Waals surface area contributed by atoms with Gasteiger partial charge in [-0.3, -0.25) is 4.79 Å². The highest BCUT2D eigenvalue weighted by Crippen LogP contribution is 2.11. The summed E-state index contributed by atoms with van der Waals surface area (Å²) in [4.78, 5) is 11.9. The fourth-order valence-electron chi connectivity index (χ4n) is 2.17. The number of hydrogen-bond donors (Lipinski definition) is 2. The van der Waals surface area contributed by atoms with Crippen LogP contribution in [0.1, 0.15) is 29.6 Å². The van der Waals surface area contributed by atoms with E-state index in [1.165, 1.54) is 0 Å². The van der Waals surface area contributed by atoms with E-state index >= 15 is 0 Å². The van der Waals surface area contributed by atoms with Gasteiger partial charge in [-0.2, -0.15) is 0 Å². The molecule has 1 heterocycles. The Hall–Kier alpha value is -1.59. The summed E-state index contributed by atoms with van der Waals surface area (Å²) in [5.41, 5.74) is 6.78. The number of carbonyl (C=O) groups excluding carboxylic acids is 1. The molecular weight excluding hydrogens is 256 g/mol. The van der Waals surface area contributed by atoms with Crippen LogP contribution in [-0.2, 0) is 9.47 Å². The first-order valence-electron chi connectivity index (χ1n) is 7.09. The number of anilines is 1. The lowest BCUT2D eigenvalue weighted by molar-refractivity contribution is -0.0321. The Bertz CT molecular complexity index is 431. The van der Waals surface area contributed by atoms with Gasteiger partial charge >= 0.3 is 0 Å². The number of hydrogen-bond acceptors (Lipinski definition) is 4. The molecule has 0 aliphatic carbocycles. The van der Waals surface area contributed by atoms with Crippen LogP contribution in [-0.4, -0.2) is 38.4 Å². The Morgan fingerprint density at radius 3 is 2.85 bits per heavy atom. The Morgan fingerprint density at radius 2 is 2.10 bits per heavy atom. The van der Waals surface area contributed by atoms with Crippen molar-refractivity contribution >= 4 is 11.6 Å². The molecule has 110 valence electrons. The Balaban J connectivity index is 1.61. The maximum Gasteiger partial charge on any atom is 0.253 e. The Labute approximate surface area is 119 Å². The van der Waals surface area contributed by atoms with Gasteiger partial charge in [0.15, 0.2) is 0 Å². The molecule has 0 radical (unpaired) electrons. The molecule has 0 unspecified atom stereocenters. The third kappa shape index (κ3) is 4.51. The summed E-state index contributed by atoms with van der Waals surface area (Å²) >= 11 is 0. The second kappa shape index (κ2) is 7.87. The normalized spacial score (nSPS) is 16.0. The van der Waals surface area contributed by atoms with E-state index < -0.39 is 0 Å². The number of benzene rings is 1. The quantitative estimate of drug-likeness (QED) is 0.612. The van der Waals surface area contributed by atoms with Gasteiger partial charge in [0.1, 0.15) is 0 Å². The molecule has 1 aromatic carbocycles. The molecule has 3 N–H and O–H groups in total. The summed E-state index contributed by atoms with van der Waals surface area (Å²) < 4.78 is 11.0. The standard InChI is InChI=1S/C15H22N2O3/c16-14-5-2-1-4-13(14)15(18)17-8-3-9-20-12-6-10-19-11-7-12/h1-2,4-5,12H,3,6-11,16H2,(H,17,18). The Morgan fingerprint density at radius 1 is 1.35 bits per heavy atom. The van der Waals surface area contributed by atoms with Gasteiger partial charge in [0.05, 0.1) is 11.7 Å². The van der Waals surface area contributed by atoms with Crippen LogP contribution in [0.25, 0.3) is 0 Å². The molecular formula is C15H22N2O3. The van der Waals surface area contributed by atoms with Crippen LogP contribution >= 0.6 is 0 Å². The largest absolute Gasteiger partial charge is 0.398 e. The minimum atomic E-state index is -0.130. The van der Waals surface area contributed by atoms with Crippen molar-refractivity contribution in [2.75, 3.05) is 32.1 Å². The lowest BCUT2D eigenvalue weighted by Crippen LogP contribution is -2.28. The summed E-state index contributed by atoms with van der Waals surface area (Å²) in [5.74, 6) is -0.130. The van der Waals surface area contributed by atoms with Gasteiger partial charge in [-0.15, -0.1) is 0 Å². The summed E-state index contributed by atoms with van der Waals surface area (Å²) in [6.07, 6.45) is 3.04. The fraction of sp³-hybridized carbons (Fsp3) is 0.533. The first kappa shape index (κ1) is 14.8. The number of nitrogens with two attached hydrogens (primary N) is 1. The maximum absolute atomic E-state index is 11.9. The molecule has 1 amide bonds. The summed E-state index contributed by atoms with van der Waals surface area (Å²) in [5, 5.41) is 2.85. The zero-order valence-corrected chi connectivity index (χ0v) is 11.6. The van der Waals surface area contributed by atoms with Crippen molar-refractivity contribution in [1.29, 1.82) is 0 Å². The molecule has 5 heteroatoms. The molecule has 0 spiro atoms. The fourth-order valence-corrected chi connectivity index (χ4v) is 2.17. The second-order valence-corrected chi connectivity index (χ2v) is 4.88. The van der Waals surface area contributed by atoms with Crippen molar-refractivity contribution < 1.29 is 14.3 Å². The lowest BCUT2D eigenvalue weighted by Gasteiger charge is -2.22. The summed E-state index contributed by atoms with van der Waals surface area (Å²) in [6, 6.07) is 7.07. The highest BCUT2D eigenvalue weighted by atomic mass is 16.5. The van der Waals surface area contributed by atoms with E-state index in [2.05, 4.69) is 5.32 Å². The van der Waals surface area contributed by atoms with Gasteiger partial charge in [-0.1, -0.05) is 12.1 Å². The average Bonchev–Trinajstić information content (AvgIpc) is 2.48. The van der Waals surface area contributed by atoms with E-state index in [9.17, 15) is 4.79 Å². The number of ether oxygens (including phenoxy) is 2. The second-order valence-electron chi connectivity index (χ2n) is 4.88. The molecule has 0 saturated carbocycles. The van der Waals surface area contributed by atoms with Gasteiger partial charge < -0.3 is 20.5 Å². The molecule has 5 nitrogen and oxygen atoms in total. The number of carbonyl (C=O) groups is 1. The molecule has 0 atom stereocenters. The van der Waals surface area contributed by atoms with Crippen LogP contribution in [0, 0.1) is 0 Å². The van der Waals surface area contributed by atoms with E-state index in [-0.39, 0.29) is 5.91 Å². The summed E-state index contributed by atoms with van der Waals surface area (Å²) in [6.45, 7) is 2.83. The van der Waals surface area contributed by atoms with Crippen LogP contribution in [0.5, 0.6) is 0 Å². The van der Waals surface area contributed by atoms with E-state index in [0.717, 1.165) is 32.5 Å². The number of nitrogens with one attached hydrogen (secondary N) is 1. The van der Waals surface area contributed by atoms with Crippen LogP contribution in [0.2, 0.25) is 0 Å². The van der Waals surface area contributed by atoms with Gasteiger partial charge in [0.2, 0.25) is 0 Å².